The van der Waals surface area contributed by atoms with Crippen LogP contribution in [0.4, 0.5) is 0 Å². The molecule has 0 aliphatic heterocycles. The van der Waals surface area contributed by atoms with E-state index >= 15 is 0 Å². The SMILES string of the molecule is CN(C)C(Cl)C(Cl)N(C)C.[Zn+2]. The van der Waals surface area contributed by atoms with E-state index < -0.39 is 0 Å². The van der Waals surface area contributed by atoms with Crippen molar-refractivity contribution in [2.45, 2.75) is 11.0 Å². The van der Waals surface area contributed by atoms with Crippen LogP contribution in [0.15, 0.2) is 0 Å². The average Bonchev–Trinajstić information content (AvgIpc) is 1.84. The van der Waals surface area contributed by atoms with Crippen LogP contribution in [-0.4, -0.2) is 49.0 Å². The molecule has 2 nitrogen and oxygen atoms in total. The minimum atomic E-state index is -0.142. The molecule has 0 fully saturated rings. The molecule has 0 radical (unpaired) electrons. The van der Waals surface area contributed by atoms with Crippen LogP contribution in [0, 0.1) is 0 Å². The first-order valence-corrected chi connectivity index (χ1v) is 3.95. The van der Waals surface area contributed by atoms with Gasteiger partial charge in [0.25, 0.3) is 0 Å². The van der Waals surface area contributed by atoms with Gasteiger partial charge in [-0.3, -0.25) is 9.80 Å². The number of hydrogen-bond acceptors (Lipinski definition) is 2. The van der Waals surface area contributed by atoms with Crippen molar-refractivity contribution in [1.29, 1.82) is 0 Å². The summed E-state index contributed by atoms with van der Waals surface area (Å²) in [4.78, 5) is 3.75. The third-order valence-corrected chi connectivity index (χ3v) is 2.60. The molecule has 2 atom stereocenters. The van der Waals surface area contributed by atoms with Gasteiger partial charge in [-0.2, -0.15) is 0 Å². The molecule has 0 saturated carbocycles. The van der Waals surface area contributed by atoms with Crippen LogP contribution in [-0.2, 0) is 19.5 Å². The summed E-state index contributed by atoms with van der Waals surface area (Å²) in [5.41, 5.74) is -0.284. The molecule has 0 heterocycles. The normalized spacial score (nSPS) is 16.4. The first-order valence-electron chi connectivity index (χ1n) is 3.08. The minimum Gasteiger partial charge on any atom is -0.291 e. The number of alkyl halides is 2. The van der Waals surface area contributed by atoms with E-state index in [1.165, 1.54) is 0 Å². The van der Waals surface area contributed by atoms with Crippen molar-refractivity contribution in [2.75, 3.05) is 28.2 Å². The molecule has 0 aliphatic rings. The van der Waals surface area contributed by atoms with Crippen molar-refractivity contribution in [3.8, 4) is 0 Å². The van der Waals surface area contributed by atoms with Crippen LogP contribution >= 0.6 is 23.2 Å². The predicted molar refractivity (Wildman–Crippen MR) is 46.7 cm³/mol. The fourth-order valence-corrected chi connectivity index (χ4v) is 0.943. The zero-order valence-electron chi connectivity index (χ0n) is 7.51. The molecule has 0 spiro atoms. The number of rotatable bonds is 3. The maximum Gasteiger partial charge on any atom is 2.00 e. The fourth-order valence-electron chi connectivity index (χ4n) is 0.492. The van der Waals surface area contributed by atoms with Crippen LogP contribution in [0.25, 0.3) is 0 Å². The maximum atomic E-state index is 5.91. The van der Waals surface area contributed by atoms with Crippen LogP contribution in [0.1, 0.15) is 0 Å². The molecule has 11 heavy (non-hydrogen) atoms. The van der Waals surface area contributed by atoms with E-state index in [-0.39, 0.29) is 30.5 Å². The first kappa shape index (κ1) is 14.6. The zero-order valence-corrected chi connectivity index (χ0v) is 12.0. The second-order valence-electron chi connectivity index (χ2n) is 2.67. The second kappa shape index (κ2) is 6.62. The Hall–Kier alpha value is 1.12. The molecular formula is C6H14Cl2N2Zn+2. The minimum absolute atomic E-state index is 0. The molecule has 0 amide bonds. The van der Waals surface area contributed by atoms with Gasteiger partial charge in [0.05, 0.1) is 0 Å². The summed E-state index contributed by atoms with van der Waals surface area (Å²) < 4.78 is 0. The summed E-state index contributed by atoms with van der Waals surface area (Å²) in [6, 6.07) is 0. The average molecular weight is 250 g/mol. The molecule has 0 aromatic rings. The Morgan fingerprint density at radius 3 is 1.09 bits per heavy atom. The van der Waals surface area contributed by atoms with Gasteiger partial charge in [0, 0.05) is 0 Å². The van der Waals surface area contributed by atoms with E-state index in [1.54, 1.807) is 0 Å². The molecule has 0 rings (SSSR count). The Morgan fingerprint density at radius 1 is 0.818 bits per heavy atom. The molecule has 0 aromatic heterocycles. The van der Waals surface area contributed by atoms with Crippen LogP contribution in [0.2, 0.25) is 0 Å². The quantitative estimate of drug-likeness (QED) is 0.422. The van der Waals surface area contributed by atoms with Crippen molar-refractivity contribution in [1.82, 2.24) is 9.80 Å². The van der Waals surface area contributed by atoms with E-state index in [2.05, 4.69) is 0 Å². The summed E-state index contributed by atoms with van der Waals surface area (Å²) in [5.74, 6) is 0. The predicted octanol–water partition coefficient (Wildman–Crippen LogP) is 1.24. The zero-order chi connectivity index (χ0) is 8.31. The Balaban J connectivity index is 0. The van der Waals surface area contributed by atoms with Crippen molar-refractivity contribution >= 4 is 23.2 Å². The topological polar surface area (TPSA) is 6.48 Å². The monoisotopic (exact) mass is 248 g/mol. The van der Waals surface area contributed by atoms with Gasteiger partial charge in [-0.1, -0.05) is 0 Å². The largest absolute Gasteiger partial charge is 2.00 e. The summed E-state index contributed by atoms with van der Waals surface area (Å²) in [6.45, 7) is 0. The molecule has 62 valence electrons. The van der Waals surface area contributed by atoms with E-state index in [0.29, 0.717) is 0 Å². The maximum absolute atomic E-state index is 5.91. The van der Waals surface area contributed by atoms with E-state index in [4.69, 9.17) is 23.2 Å². The molecular weight excluding hydrogens is 236 g/mol. The number of halogens is 2. The molecule has 0 aliphatic carbocycles. The van der Waals surface area contributed by atoms with Gasteiger partial charge in [0.1, 0.15) is 11.0 Å². The molecule has 0 aromatic carbocycles. The first-order chi connectivity index (χ1) is 4.46. The van der Waals surface area contributed by atoms with E-state index in [9.17, 15) is 0 Å². The molecule has 5 heteroatoms. The number of hydrogen-bond donors (Lipinski definition) is 0. The number of likely N-dealkylation sites (N-methyl/N-ethyl adjacent to an activating group) is 2. The third kappa shape index (κ3) is 5.38. The molecule has 2 unspecified atom stereocenters. The van der Waals surface area contributed by atoms with Crippen LogP contribution in [0.5, 0.6) is 0 Å². The Labute approximate surface area is 91.6 Å². The molecule has 0 saturated heterocycles. The summed E-state index contributed by atoms with van der Waals surface area (Å²) in [5, 5.41) is 0. The van der Waals surface area contributed by atoms with Crippen LogP contribution < -0.4 is 0 Å². The molecule has 0 N–H and O–H groups in total. The summed E-state index contributed by atoms with van der Waals surface area (Å²) in [6.07, 6.45) is 0. The smallest absolute Gasteiger partial charge is 0.291 e. The Kier molecular flexibility index (Phi) is 8.81. The van der Waals surface area contributed by atoms with Gasteiger partial charge in [-0.15, -0.1) is 23.2 Å². The van der Waals surface area contributed by atoms with Crippen molar-refractivity contribution < 1.29 is 19.5 Å². The Morgan fingerprint density at radius 2 is 1.00 bits per heavy atom. The van der Waals surface area contributed by atoms with Crippen molar-refractivity contribution in [2.24, 2.45) is 0 Å². The standard InChI is InChI=1S/C6H14Cl2N2.Zn/c1-9(2)5(7)6(8)10(3)4;/h5-6H,1-4H3;/q;+2. The van der Waals surface area contributed by atoms with Gasteiger partial charge in [-0.05, 0) is 28.2 Å². The summed E-state index contributed by atoms with van der Waals surface area (Å²) in [7, 11) is 7.60. The number of nitrogens with zero attached hydrogens (tertiary/aromatic N) is 2. The van der Waals surface area contributed by atoms with Gasteiger partial charge < -0.3 is 0 Å². The van der Waals surface area contributed by atoms with E-state index in [0.717, 1.165) is 0 Å². The van der Waals surface area contributed by atoms with Gasteiger partial charge in [0.15, 0.2) is 0 Å². The van der Waals surface area contributed by atoms with Crippen molar-refractivity contribution in [3.63, 3.8) is 0 Å². The van der Waals surface area contributed by atoms with Gasteiger partial charge >= 0.3 is 19.5 Å². The van der Waals surface area contributed by atoms with E-state index in [1.807, 2.05) is 38.0 Å². The van der Waals surface area contributed by atoms with Gasteiger partial charge in [-0.25, -0.2) is 0 Å². The summed E-state index contributed by atoms with van der Waals surface area (Å²) >= 11 is 11.8. The molecule has 0 bridgehead atoms. The third-order valence-electron chi connectivity index (χ3n) is 1.21. The van der Waals surface area contributed by atoms with Crippen LogP contribution in [0.3, 0.4) is 0 Å². The second-order valence-corrected chi connectivity index (χ2v) is 3.57. The fraction of sp³-hybridized carbons (Fsp3) is 1.00. The van der Waals surface area contributed by atoms with Gasteiger partial charge in [0.2, 0.25) is 0 Å². The Bertz CT molecular complexity index is 88.6. The van der Waals surface area contributed by atoms with Crippen molar-refractivity contribution in [3.05, 3.63) is 0 Å².